The van der Waals surface area contributed by atoms with Gasteiger partial charge >= 0.3 is 6.18 Å². The molecule has 7 heteroatoms. The molecule has 1 aromatic rings. The fraction of sp³-hybridized carbons (Fsp3) is 0.533. The van der Waals surface area contributed by atoms with Gasteiger partial charge in [-0.3, -0.25) is 4.79 Å². The van der Waals surface area contributed by atoms with Crippen molar-refractivity contribution in [2.24, 2.45) is 0 Å². The number of carbonyl (C=O) groups is 1. The molecule has 0 bridgehead atoms. The number of rotatable bonds is 8. The largest absolute Gasteiger partial charge is 0.484 e. The second kappa shape index (κ2) is 8.63. The number of halogens is 3. The van der Waals surface area contributed by atoms with Gasteiger partial charge in [0.2, 0.25) is 0 Å². The zero-order chi connectivity index (χ0) is 16.6. The second-order valence-electron chi connectivity index (χ2n) is 4.94. The van der Waals surface area contributed by atoms with Crippen LogP contribution in [0.1, 0.15) is 25.8 Å². The van der Waals surface area contributed by atoms with Crippen LogP contribution in [0.4, 0.5) is 13.2 Å². The Bertz CT molecular complexity index is 475. The van der Waals surface area contributed by atoms with E-state index in [0.717, 1.165) is 12.1 Å². The number of carbonyl (C=O) groups excluding carboxylic acids is 1. The molecule has 0 aliphatic carbocycles. The minimum absolute atomic E-state index is 0.00751. The Kier molecular flexibility index (Phi) is 7.17. The molecule has 0 unspecified atom stereocenters. The predicted octanol–water partition coefficient (Wildman–Crippen LogP) is 3.02. The minimum Gasteiger partial charge on any atom is -0.484 e. The molecule has 1 amide bonds. The molecule has 0 atom stereocenters. The molecular weight excluding hydrogens is 299 g/mol. The van der Waals surface area contributed by atoms with Crippen molar-refractivity contribution in [3.05, 3.63) is 29.8 Å². The van der Waals surface area contributed by atoms with Gasteiger partial charge in [0.15, 0.2) is 6.61 Å². The van der Waals surface area contributed by atoms with Gasteiger partial charge in [-0.1, -0.05) is 6.07 Å². The Balaban J connectivity index is 2.29. The SMILES string of the molecule is CC(C)OCCCNC(=O)COc1cccc(C(F)(F)F)c1. The van der Waals surface area contributed by atoms with Gasteiger partial charge in [-0.25, -0.2) is 0 Å². The molecule has 124 valence electrons. The number of amides is 1. The summed E-state index contributed by atoms with van der Waals surface area (Å²) in [6.07, 6.45) is -3.63. The van der Waals surface area contributed by atoms with Crippen molar-refractivity contribution in [1.82, 2.24) is 5.32 Å². The number of ether oxygens (including phenoxy) is 2. The molecule has 0 aromatic heterocycles. The van der Waals surface area contributed by atoms with Crippen LogP contribution in [0.15, 0.2) is 24.3 Å². The van der Waals surface area contributed by atoms with Crippen LogP contribution < -0.4 is 10.1 Å². The van der Waals surface area contributed by atoms with Crippen molar-refractivity contribution in [3.8, 4) is 5.75 Å². The van der Waals surface area contributed by atoms with Crippen molar-refractivity contribution in [3.63, 3.8) is 0 Å². The molecule has 0 heterocycles. The summed E-state index contributed by atoms with van der Waals surface area (Å²) >= 11 is 0. The van der Waals surface area contributed by atoms with Crippen LogP contribution in [0.5, 0.6) is 5.75 Å². The maximum atomic E-state index is 12.5. The Hall–Kier alpha value is -1.76. The minimum atomic E-state index is -4.43. The molecule has 1 rings (SSSR count). The van der Waals surface area contributed by atoms with E-state index in [1.165, 1.54) is 12.1 Å². The van der Waals surface area contributed by atoms with Crippen molar-refractivity contribution < 1.29 is 27.4 Å². The Labute approximate surface area is 127 Å². The summed E-state index contributed by atoms with van der Waals surface area (Å²) < 4.78 is 47.9. The zero-order valence-electron chi connectivity index (χ0n) is 12.6. The summed E-state index contributed by atoms with van der Waals surface area (Å²) in [4.78, 5) is 11.5. The highest BCUT2D eigenvalue weighted by Crippen LogP contribution is 2.31. The lowest BCUT2D eigenvalue weighted by Gasteiger charge is -2.11. The number of nitrogens with one attached hydrogen (secondary N) is 1. The first-order chi connectivity index (χ1) is 10.3. The molecule has 0 fully saturated rings. The molecule has 0 spiro atoms. The van der Waals surface area contributed by atoms with Crippen molar-refractivity contribution >= 4 is 5.91 Å². The average molecular weight is 319 g/mol. The van der Waals surface area contributed by atoms with Gasteiger partial charge in [0.25, 0.3) is 5.91 Å². The van der Waals surface area contributed by atoms with E-state index in [0.29, 0.717) is 19.6 Å². The number of alkyl halides is 3. The fourth-order valence-electron chi connectivity index (χ4n) is 1.58. The fourth-order valence-corrected chi connectivity index (χ4v) is 1.58. The van der Waals surface area contributed by atoms with Crippen molar-refractivity contribution in [1.29, 1.82) is 0 Å². The third-order valence-electron chi connectivity index (χ3n) is 2.63. The quantitative estimate of drug-likeness (QED) is 0.749. The van der Waals surface area contributed by atoms with Gasteiger partial charge in [0, 0.05) is 13.2 Å². The number of hydrogen-bond donors (Lipinski definition) is 1. The first-order valence-corrected chi connectivity index (χ1v) is 6.97. The van der Waals surface area contributed by atoms with Gasteiger partial charge in [0.1, 0.15) is 5.75 Å². The molecule has 0 saturated carbocycles. The van der Waals surface area contributed by atoms with Crippen LogP contribution in [0.25, 0.3) is 0 Å². The highest BCUT2D eigenvalue weighted by atomic mass is 19.4. The standard InChI is InChI=1S/C15H20F3NO3/c1-11(2)21-8-4-7-19-14(20)10-22-13-6-3-5-12(9-13)15(16,17)18/h3,5-6,9,11H,4,7-8,10H2,1-2H3,(H,19,20). The molecular formula is C15H20F3NO3. The van der Waals surface area contributed by atoms with Crippen molar-refractivity contribution in [2.75, 3.05) is 19.8 Å². The van der Waals surface area contributed by atoms with Crippen LogP contribution in [-0.4, -0.2) is 31.8 Å². The van der Waals surface area contributed by atoms with Crippen LogP contribution in [0, 0.1) is 0 Å². The van der Waals surface area contributed by atoms with Crippen LogP contribution >= 0.6 is 0 Å². The monoisotopic (exact) mass is 319 g/mol. The summed E-state index contributed by atoms with van der Waals surface area (Å²) in [5, 5.41) is 2.61. The highest BCUT2D eigenvalue weighted by Gasteiger charge is 2.30. The van der Waals surface area contributed by atoms with Crippen LogP contribution in [0.3, 0.4) is 0 Å². The van der Waals surface area contributed by atoms with E-state index in [4.69, 9.17) is 9.47 Å². The van der Waals surface area contributed by atoms with Crippen LogP contribution in [0.2, 0.25) is 0 Å². The molecule has 22 heavy (non-hydrogen) atoms. The molecule has 0 radical (unpaired) electrons. The molecule has 1 aromatic carbocycles. The van der Waals surface area contributed by atoms with Gasteiger partial charge < -0.3 is 14.8 Å². The Morgan fingerprint density at radius 2 is 2.05 bits per heavy atom. The van der Waals surface area contributed by atoms with E-state index in [1.54, 1.807) is 0 Å². The normalized spacial score (nSPS) is 11.5. The lowest BCUT2D eigenvalue weighted by Crippen LogP contribution is -2.30. The summed E-state index contributed by atoms with van der Waals surface area (Å²) in [5.74, 6) is -0.380. The van der Waals surface area contributed by atoms with Gasteiger partial charge in [-0.15, -0.1) is 0 Å². The number of hydrogen-bond acceptors (Lipinski definition) is 3. The van der Waals surface area contributed by atoms with E-state index in [1.807, 2.05) is 13.8 Å². The Morgan fingerprint density at radius 1 is 1.32 bits per heavy atom. The topological polar surface area (TPSA) is 47.6 Å². The molecule has 0 aliphatic rings. The molecule has 0 aliphatic heterocycles. The smallest absolute Gasteiger partial charge is 0.416 e. The zero-order valence-corrected chi connectivity index (χ0v) is 12.6. The second-order valence-corrected chi connectivity index (χ2v) is 4.94. The average Bonchev–Trinajstić information content (AvgIpc) is 2.44. The number of benzene rings is 1. The van der Waals surface area contributed by atoms with Crippen LogP contribution in [-0.2, 0) is 15.7 Å². The maximum absolute atomic E-state index is 12.5. The first kappa shape index (κ1) is 18.3. The summed E-state index contributed by atoms with van der Waals surface area (Å²) in [6.45, 7) is 4.47. The third-order valence-corrected chi connectivity index (χ3v) is 2.63. The molecule has 0 saturated heterocycles. The Morgan fingerprint density at radius 3 is 2.68 bits per heavy atom. The van der Waals surface area contributed by atoms with Gasteiger partial charge in [0.05, 0.1) is 11.7 Å². The lowest BCUT2D eigenvalue weighted by molar-refractivity contribution is -0.137. The predicted molar refractivity (Wildman–Crippen MR) is 75.7 cm³/mol. The maximum Gasteiger partial charge on any atom is 0.416 e. The molecule has 4 nitrogen and oxygen atoms in total. The summed E-state index contributed by atoms with van der Waals surface area (Å²) in [5.41, 5.74) is -0.809. The van der Waals surface area contributed by atoms with Gasteiger partial charge in [-0.05, 0) is 38.5 Å². The van der Waals surface area contributed by atoms with E-state index >= 15 is 0 Å². The lowest BCUT2D eigenvalue weighted by atomic mass is 10.2. The van der Waals surface area contributed by atoms with E-state index in [2.05, 4.69) is 5.32 Å². The highest BCUT2D eigenvalue weighted by molar-refractivity contribution is 5.77. The van der Waals surface area contributed by atoms with E-state index in [9.17, 15) is 18.0 Å². The third kappa shape index (κ3) is 7.31. The van der Waals surface area contributed by atoms with E-state index in [-0.39, 0.29) is 24.4 Å². The summed E-state index contributed by atoms with van der Waals surface area (Å²) in [7, 11) is 0. The van der Waals surface area contributed by atoms with Gasteiger partial charge in [-0.2, -0.15) is 13.2 Å². The van der Waals surface area contributed by atoms with Crippen molar-refractivity contribution in [2.45, 2.75) is 32.5 Å². The molecule has 1 N–H and O–H groups in total. The van der Waals surface area contributed by atoms with E-state index < -0.39 is 11.7 Å². The summed E-state index contributed by atoms with van der Waals surface area (Å²) in [6, 6.07) is 4.42. The first-order valence-electron chi connectivity index (χ1n) is 6.97.